The highest BCUT2D eigenvalue weighted by molar-refractivity contribution is 5.74. The van der Waals surface area contributed by atoms with Gasteiger partial charge < -0.3 is 9.97 Å². The highest BCUT2D eigenvalue weighted by Gasteiger charge is 1.89. The van der Waals surface area contributed by atoms with E-state index < -0.39 is 0 Å². The van der Waals surface area contributed by atoms with Crippen LogP contribution in [0.4, 0.5) is 0 Å². The van der Waals surface area contributed by atoms with Gasteiger partial charge in [0.25, 0.3) is 0 Å². The molecule has 0 saturated carbocycles. The van der Waals surface area contributed by atoms with Crippen LogP contribution in [0.1, 0.15) is 0 Å². The summed E-state index contributed by atoms with van der Waals surface area (Å²) in [4.78, 5) is 17.9. The summed E-state index contributed by atoms with van der Waals surface area (Å²) in [5.41, 5.74) is 2.90. The number of pyridine rings is 1. The molecule has 0 radical (unpaired) electrons. The SMILES string of the molecule is c1cnc2[nH]ccc2c1.c1ncc2[nH]ccc2n1. The highest BCUT2D eigenvalue weighted by atomic mass is 14.9. The number of fused-ring (bicyclic) bond motifs is 2. The van der Waals surface area contributed by atoms with Crippen LogP contribution in [-0.4, -0.2) is 24.9 Å². The minimum Gasteiger partial charge on any atom is -0.359 e. The molecule has 0 aliphatic rings. The quantitative estimate of drug-likeness (QED) is 0.493. The smallest absolute Gasteiger partial charge is 0.137 e. The summed E-state index contributed by atoms with van der Waals surface area (Å²) in [6.07, 6.45) is 8.80. The van der Waals surface area contributed by atoms with Crippen molar-refractivity contribution in [3.05, 3.63) is 55.4 Å². The summed E-state index contributed by atoms with van der Waals surface area (Å²) < 4.78 is 0. The van der Waals surface area contributed by atoms with Crippen molar-refractivity contribution in [1.82, 2.24) is 24.9 Å². The van der Waals surface area contributed by atoms with E-state index in [1.54, 1.807) is 12.4 Å². The highest BCUT2D eigenvalue weighted by Crippen LogP contribution is 2.05. The zero-order chi connectivity index (χ0) is 12.2. The van der Waals surface area contributed by atoms with Gasteiger partial charge in [0.1, 0.15) is 12.0 Å². The maximum absolute atomic E-state index is 4.09. The van der Waals surface area contributed by atoms with Crippen LogP contribution in [0.5, 0.6) is 0 Å². The number of nitrogens with one attached hydrogen (secondary N) is 2. The number of nitrogens with zero attached hydrogens (tertiary/aromatic N) is 3. The van der Waals surface area contributed by atoms with Crippen molar-refractivity contribution in [3.8, 4) is 0 Å². The summed E-state index contributed by atoms with van der Waals surface area (Å²) in [7, 11) is 0. The molecule has 5 heteroatoms. The lowest BCUT2D eigenvalue weighted by atomic mass is 10.3. The lowest BCUT2D eigenvalue weighted by molar-refractivity contribution is 1.22. The minimum atomic E-state index is 0.956. The lowest BCUT2D eigenvalue weighted by Gasteiger charge is -1.82. The Morgan fingerprint density at radius 2 is 1.89 bits per heavy atom. The third-order valence-electron chi connectivity index (χ3n) is 2.54. The summed E-state index contributed by atoms with van der Waals surface area (Å²) in [6.45, 7) is 0. The zero-order valence-electron chi connectivity index (χ0n) is 9.54. The Bertz CT molecular complexity index is 629. The van der Waals surface area contributed by atoms with E-state index in [4.69, 9.17) is 0 Å². The van der Waals surface area contributed by atoms with Gasteiger partial charge in [0.15, 0.2) is 0 Å². The molecule has 18 heavy (non-hydrogen) atoms. The molecule has 88 valence electrons. The molecule has 0 bridgehead atoms. The van der Waals surface area contributed by atoms with Gasteiger partial charge in [-0.15, -0.1) is 0 Å². The molecule has 4 rings (SSSR count). The molecule has 0 saturated heterocycles. The Morgan fingerprint density at radius 3 is 2.78 bits per heavy atom. The monoisotopic (exact) mass is 237 g/mol. The van der Waals surface area contributed by atoms with E-state index in [0.717, 1.165) is 22.1 Å². The topological polar surface area (TPSA) is 70.2 Å². The van der Waals surface area contributed by atoms with E-state index in [1.807, 2.05) is 36.7 Å². The molecule has 0 amide bonds. The number of aromatic nitrogens is 5. The van der Waals surface area contributed by atoms with E-state index >= 15 is 0 Å². The summed E-state index contributed by atoms with van der Waals surface area (Å²) in [6, 6.07) is 7.87. The molecule has 5 nitrogen and oxygen atoms in total. The van der Waals surface area contributed by atoms with Crippen LogP contribution in [0.2, 0.25) is 0 Å². The van der Waals surface area contributed by atoms with Crippen molar-refractivity contribution in [1.29, 1.82) is 0 Å². The molecule has 0 atom stereocenters. The fourth-order valence-corrected chi connectivity index (χ4v) is 1.68. The molecule has 4 heterocycles. The van der Waals surface area contributed by atoms with Crippen molar-refractivity contribution in [2.45, 2.75) is 0 Å². The van der Waals surface area contributed by atoms with Gasteiger partial charge in [-0.05, 0) is 24.3 Å². The van der Waals surface area contributed by atoms with Gasteiger partial charge in [0, 0.05) is 24.0 Å². The molecule has 0 aliphatic heterocycles. The number of aromatic amines is 2. The molecule has 0 aliphatic carbocycles. The molecular formula is C13H11N5. The Labute approximate surface area is 103 Å². The Balaban J connectivity index is 0.000000111. The van der Waals surface area contributed by atoms with E-state index in [9.17, 15) is 0 Å². The first-order chi connectivity index (χ1) is 8.93. The Morgan fingerprint density at radius 1 is 0.944 bits per heavy atom. The van der Waals surface area contributed by atoms with Crippen molar-refractivity contribution < 1.29 is 0 Å². The number of hydrogen-bond acceptors (Lipinski definition) is 3. The van der Waals surface area contributed by atoms with Gasteiger partial charge in [-0.1, -0.05) is 0 Å². The molecule has 0 fully saturated rings. The van der Waals surface area contributed by atoms with Crippen LogP contribution in [-0.2, 0) is 0 Å². The first-order valence-corrected chi connectivity index (χ1v) is 5.55. The van der Waals surface area contributed by atoms with Crippen molar-refractivity contribution >= 4 is 22.1 Å². The van der Waals surface area contributed by atoms with E-state index in [2.05, 4.69) is 24.9 Å². The lowest BCUT2D eigenvalue weighted by Crippen LogP contribution is -1.74. The normalized spacial score (nSPS) is 10.2. The predicted octanol–water partition coefficient (Wildman–Crippen LogP) is 2.52. The first kappa shape index (κ1) is 10.5. The predicted molar refractivity (Wildman–Crippen MR) is 70.0 cm³/mol. The molecule has 0 spiro atoms. The zero-order valence-corrected chi connectivity index (χ0v) is 9.54. The van der Waals surface area contributed by atoms with Gasteiger partial charge in [-0.2, -0.15) is 0 Å². The van der Waals surface area contributed by atoms with Gasteiger partial charge in [0.05, 0.1) is 17.2 Å². The van der Waals surface area contributed by atoms with Crippen LogP contribution in [0, 0.1) is 0 Å². The van der Waals surface area contributed by atoms with Crippen molar-refractivity contribution in [2.75, 3.05) is 0 Å². The Hall–Kier alpha value is -2.69. The second kappa shape index (κ2) is 4.67. The van der Waals surface area contributed by atoms with E-state index in [1.165, 1.54) is 6.33 Å². The van der Waals surface area contributed by atoms with E-state index in [-0.39, 0.29) is 0 Å². The summed E-state index contributed by atoms with van der Waals surface area (Å²) >= 11 is 0. The van der Waals surface area contributed by atoms with Crippen molar-refractivity contribution in [3.63, 3.8) is 0 Å². The average Bonchev–Trinajstić information content (AvgIpc) is 3.08. The van der Waals surface area contributed by atoms with Crippen LogP contribution >= 0.6 is 0 Å². The second-order valence-corrected chi connectivity index (χ2v) is 3.72. The molecular weight excluding hydrogens is 226 g/mol. The van der Waals surface area contributed by atoms with Crippen molar-refractivity contribution in [2.24, 2.45) is 0 Å². The third-order valence-corrected chi connectivity index (χ3v) is 2.54. The largest absolute Gasteiger partial charge is 0.359 e. The third kappa shape index (κ3) is 2.06. The van der Waals surface area contributed by atoms with Gasteiger partial charge in [0.2, 0.25) is 0 Å². The van der Waals surface area contributed by atoms with Crippen LogP contribution in [0.3, 0.4) is 0 Å². The molecule has 0 aromatic carbocycles. The second-order valence-electron chi connectivity index (χ2n) is 3.72. The first-order valence-electron chi connectivity index (χ1n) is 5.55. The number of H-pyrrole nitrogens is 2. The van der Waals surface area contributed by atoms with Gasteiger partial charge in [-0.3, -0.25) is 0 Å². The standard InChI is InChI=1S/C7H6N2.C6H5N3/c1-2-6-3-5-9-7(6)8-4-1;1-2-8-6-3-7-4-9-5(1)6/h1-5H,(H,8,9);1-4,8H. The fraction of sp³-hybridized carbons (Fsp3) is 0. The van der Waals surface area contributed by atoms with Crippen LogP contribution in [0.15, 0.2) is 55.4 Å². The van der Waals surface area contributed by atoms with Crippen LogP contribution in [0.25, 0.3) is 22.1 Å². The number of rotatable bonds is 0. The molecule has 2 N–H and O–H groups in total. The molecule has 0 unspecified atom stereocenters. The Kier molecular flexibility index (Phi) is 2.71. The minimum absolute atomic E-state index is 0.956. The summed E-state index contributed by atoms with van der Waals surface area (Å²) in [5, 5.41) is 1.16. The average molecular weight is 237 g/mol. The van der Waals surface area contributed by atoms with E-state index in [0.29, 0.717) is 0 Å². The number of hydrogen-bond donors (Lipinski definition) is 2. The van der Waals surface area contributed by atoms with Gasteiger partial charge in [-0.25, -0.2) is 15.0 Å². The van der Waals surface area contributed by atoms with Crippen LogP contribution < -0.4 is 0 Å². The molecule has 4 aromatic heterocycles. The maximum Gasteiger partial charge on any atom is 0.137 e. The molecule has 4 aromatic rings. The maximum atomic E-state index is 4.09. The summed E-state index contributed by atoms with van der Waals surface area (Å²) in [5.74, 6) is 0. The van der Waals surface area contributed by atoms with Gasteiger partial charge >= 0.3 is 0 Å². The fourth-order valence-electron chi connectivity index (χ4n) is 1.68.